The Labute approximate surface area is 158 Å². The lowest BCUT2D eigenvalue weighted by Crippen LogP contribution is -2.46. The SMILES string of the molecule is CCOc1cc([C@H]2Nc3ccccc3C(=O)N2C[C@H]2CCCO2)ccc1O. The smallest absolute Gasteiger partial charge is 0.257 e. The highest BCUT2D eigenvalue weighted by molar-refractivity contribution is 6.01. The molecule has 2 aliphatic heterocycles. The number of carbonyl (C=O) groups excluding carboxylic acids is 1. The fourth-order valence-electron chi connectivity index (χ4n) is 3.72. The highest BCUT2D eigenvalue weighted by Gasteiger charge is 2.35. The Morgan fingerprint density at radius 2 is 2.15 bits per heavy atom. The van der Waals surface area contributed by atoms with Crippen LogP contribution in [0.15, 0.2) is 42.5 Å². The van der Waals surface area contributed by atoms with Gasteiger partial charge in [-0.05, 0) is 49.6 Å². The second kappa shape index (κ2) is 7.48. The van der Waals surface area contributed by atoms with Crippen molar-refractivity contribution in [3.05, 3.63) is 53.6 Å². The number of carbonyl (C=O) groups is 1. The third-order valence-electron chi connectivity index (χ3n) is 5.05. The van der Waals surface area contributed by atoms with Crippen LogP contribution in [-0.2, 0) is 4.74 Å². The summed E-state index contributed by atoms with van der Waals surface area (Å²) in [5.74, 6) is 0.491. The molecule has 0 spiro atoms. The molecule has 2 atom stereocenters. The lowest BCUT2D eigenvalue weighted by atomic mass is 10.0. The van der Waals surface area contributed by atoms with Crippen LogP contribution in [0.2, 0.25) is 0 Å². The molecule has 2 aliphatic rings. The number of rotatable bonds is 5. The minimum Gasteiger partial charge on any atom is -0.504 e. The van der Waals surface area contributed by atoms with E-state index in [9.17, 15) is 9.90 Å². The largest absolute Gasteiger partial charge is 0.504 e. The number of ether oxygens (including phenoxy) is 2. The molecule has 0 radical (unpaired) electrons. The number of phenols is 1. The Morgan fingerprint density at radius 3 is 2.93 bits per heavy atom. The number of para-hydroxylation sites is 1. The second-order valence-corrected chi connectivity index (χ2v) is 6.85. The number of aromatic hydroxyl groups is 1. The van der Waals surface area contributed by atoms with E-state index in [-0.39, 0.29) is 23.9 Å². The molecule has 0 aliphatic carbocycles. The first-order valence-corrected chi connectivity index (χ1v) is 9.41. The van der Waals surface area contributed by atoms with Crippen molar-refractivity contribution < 1.29 is 19.4 Å². The van der Waals surface area contributed by atoms with Gasteiger partial charge in [-0.15, -0.1) is 0 Å². The lowest BCUT2D eigenvalue weighted by molar-refractivity contribution is 0.0426. The summed E-state index contributed by atoms with van der Waals surface area (Å²) in [4.78, 5) is 15.0. The van der Waals surface area contributed by atoms with Crippen molar-refractivity contribution in [2.24, 2.45) is 0 Å². The Bertz CT molecular complexity index is 833. The van der Waals surface area contributed by atoms with Gasteiger partial charge < -0.3 is 24.8 Å². The van der Waals surface area contributed by atoms with Crippen LogP contribution >= 0.6 is 0 Å². The van der Waals surface area contributed by atoms with E-state index in [2.05, 4.69) is 5.32 Å². The van der Waals surface area contributed by atoms with E-state index < -0.39 is 0 Å². The summed E-state index contributed by atoms with van der Waals surface area (Å²) < 4.78 is 11.3. The first-order chi connectivity index (χ1) is 13.2. The molecule has 142 valence electrons. The van der Waals surface area contributed by atoms with Gasteiger partial charge in [-0.25, -0.2) is 0 Å². The van der Waals surface area contributed by atoms with Crippen LogP contribution in [0.4, 0.5) is 5.69 Å². The highest BCUT2D eigenvalue weighted by Crippen LogP contribution is 2.37. The fraction of sp³-hybridized carbons (Fsp3) is 0.381. The Balaban J connectivity index is 1.71. The van der Waals surface area contributed by atoms with Crippen molar-refractivity contribution in [1.29, 1.82) is 0 Å². The van der Waals surface area contributed by atoms with Crippen LogP contribution in [0.25, 0.3) is 0 Å². The van der Waals surface area contributed by atoms with Crippen LogP contribution in [0.1, 0.15) is 41.9 Å². The summed E-state index contributed by atoms with van der Waals surface area (Å²) in [7, 11) is 0. The maximum atomic E-state index is 13.2. The lowest BCUT2D eigenvalue weighted by Gasteiger charge is -2.39. The van der Waals surface area contributed by atoms with E-state index in [1.54, 1.807) is 12.1 Å². The average Bonchev–Trinajstić information content (AvgIpc) is 3.19. The van der Waals surface area contributed by atoms with E-state index >= 15 is 0 Å². The monoisotopic (exact) mass is 368 g/mol. The minimum atomic E-state index is -0.351. The van der Waals surface area contributed by atoms with Gasteiger partial charge in [-0.3, -0.25) is 4.79 Å². The second-order valence-electron chi connectivity index (χ2n) is 6.85. The fourth-order valence-corrected chi connectivity index (χ4v) is 3.72. The molecule has 2 N–H and O–H groups in total. The zero-order chi connectivity index (χ0) is 18.8. The number of phenolic OH excluding ortho intramolecular Hbond substituents is 1. The van der Waals surface area contributed by atoms with Gasteiger partial charge in [0.25, 0.3) is 5.91 Å². The number of nitrogens with one attached hydrogen (secondary N) is 1. The van der Waals surface area contributed by atoms with Gasteiger partial charge in [0.1, 0.15) is 6.17 Å². The maximum Gasteiger partial charge on any atom is 0.257 e. The molecule has 27 heavy (non-hydrogen) atoms. The van der Waals surface area contributed by atoms with Crippen LogP contribution in [0.3, 0.4) is 0 Å². The van der Waals surface area contributed by atoms with Gasteiger partial charge in [0, 0.05) is 18.8 Å². The third-order valence-corrected chi connectivity index (χ3v) is 5.05. The third kappa shape index (κ3) is 3.45. The summed E-state index contributed by atoms with van der Waals surface area (Å²) in [6.45, 7) is 3.59. The number of nitrogens with zero attached hydrogens (tertiary/aromatic N) is 1. The number of amides is 1. The molecule has 0 aromatic heterocycles. The zero-order valence-electron chi connectivity index (χ0n) is 15.4. The number of benzene rings is 2. The Morgan fingerprint density at radius 1 is 1.30 bits per heavy atom. The van der Waals surface area contributed by atoms with Gasteiger partial charge in [0.15, 0.2) is 11.5 Å². The van der Waals surface area contributed by atoms with E-state index in [4.69, 9.17) is 9.47 Å². The van der Waals surface area contributed by atoms with Gasteiger partial charge in [-0.2, -0.15) is 0 Å². The van der Waals surface area contributed by atoms with Gasteiger partial charge in [0.2, 0.25) is 0 Å². The van der Waals surface area contributed by atoms with Crippen molar-refractivity contribution in [2.45, 2.75) is 32.0 Å². The predicted octanol–water partition coefficient (Wildman–Crippen LogP) is 3.54. The predicted molar refractivity (Wildman–Crippen MR) is 102 cm³/mol. The molecule has 0 saturated carbocycles. The molecule has 2 aromatic rings. The normalized spacial score (nSPS) is 21.7. The van der Waals surface area contributed by atoms with E-state index in [0.717, 1.165) is 30.7 Å². The van der Waals surface area contributed by atoms with Crippen molar-refractivity contribution in [1.82, 2.24) is 4.90 Å². The molecule has 4 rings (SSSR count). The molecular formula is C21H24N2O4. The first-order valence-electron chi connectivity index (χ1n) is 9.41. The number of hydrogen-bond acceptors (Lipinski definition) is 5. The standard InChI is InChI=1S/C21H24N2O4/c1-2-26-19-12-14(9-10-18(19)24)20-22-17-8-4-3-7-16(17)21(25)23(20)13-15-6-5-11-27-15/h3-4,7-10,12,15,20,22,24H,2,5-6,11,13H2,1H3/t15-,20+/m1/s1. The zero-order valence-corrected chi connectivity index (χ0v) is 15.4. The van der Waals surface area contributed by atoms with E-state index in [1.807, 2.05) is 42.2 Å². The average molecular weight is 368 g/mol. The van der Waals surface area contributed by atoms with Gasteiger partial charge >= 0.3 is 0 Å². The summed E-state index contributed by atoms with van der Waals surface area (Å²) >= 11 is 0. The molecule has 2 aromatic carbocycles. The van der Waals surface area contributed by atoms with Crippen molar-refractivity contribution in [3.63, 3.8) is 0 Å². The maximum absolute atomic E-state index is 13.2. The van der Waals surface area contributed by atoms with E-state index in [1.165, 1.54) is 0 Å². The molecule has 6 nitrogen and oxygen atoms in total. The topological polar surface area (TPSA) is 71.0 Å². The minimum absolute atomic E-state index is 0.0177. The number of fused-ring (bicyclic) bond motifs is 1. The van der Waals surface area contributed by atoms with Crippen molar-refractivity contribution in [3.8, 4) is 11.5 Å². The van der Waals surface area contributed by atoms with Gasteiger partial charge in [0.05, 0.1) is 18.3 Å². The molecule has 1 fully saturated rings. The molecule has 0 bridgehead atoms. The molecule has 1 saturated heterocycles. The molecular weight excluding hydrogens is 344 g/mol. The highest BCUT2D eigenvalue weighted by atomic mass is 16.5. The molecule has 1 amide bonds. The summed E-state index contributed by atoms with van der Waals surface area (Å²) in [6.07, 6.45) is 1.68. The van der Waals surface area contributed by atoms with Crippen molar-refractivity contribution >= 4 is 11.6 Å². The molecule has 2 heterocycles. The Hall–Kier alpha value is -2.73. The van der Waals surface area contributed by atoms with Crippen LogP contribution < -0.4 is 10.1 Å². The van der Waals surface area contributed by atoms with Crippen molar-refractivity contribution in [2.75, 3.05) is 25.1 Å². The van der Waals surface area contributed by atoms with Crippen LogP contribution in [-0.4, -0.2) is 41.8 Å². The number of hydrogen-bond donors (Lipinski definition) is 2. The Kier molecular flexibility index (Phi) is 4.90. The first kappa shape index (κ1) is 17.7. The summed E-state index contributed by atoms with van der Waals surface area (Å²) in [5.41, 5.74) is 2.33. The molecule has 6 heteroatoms. The van der Waals surface area contributed by atoms with Gasteiger partial charge in [-0.1, -0.05) is 18.2 Å². The number of anilines is 1. The summed E-state index contributed by atoms with van der Waals surface area (Å²) in [6, 6.07) is 12.8. The summed E-state index contributed by atoms with van der Waals surface area (Å²) in [5, 5.41) is 13.5. The quantitative estimate of drug-likeness (QED) is 0.845. The van der Waals surface area contributed by atoms with Crippen LogP contribution in [0, 0.1) is 0 Å². The van der Waals surface area contributed by atoms with Crippen LogP contribution in [0.5, 0.6) is 11.5 Å². The molecule has 0 unspecified atom stereocenters. The van der Waals surface area contributed by atoms with E-state index in [0.29, 0.717) is 24.5 Å².